The van der Waals surface area contributed by atoms with E-state index in [0.29, 0.717) is 0 Å². The zero-order valence-corrected chi connectivity index (χ0v) is 40.2. The molecule has 3 aromatic heterocycles. The SMILES string of the molecule is CC(C)(C)c1ccc2c(c1)c1cc(C(C)(C)C)ccc1n2-c1cc(-n2c(-c3ccccc3)nnc2-c2ccccc2)cc(-n2c3ccc(C(C)(C)C)cc3c3cc(C(C)(C)C)ccc32)c1. The summed E-state index contributed by atoms with van der Waals surface area (Å²) in [7, 11) is 0. The van der Waals surface area contributed by atoms with E-state index in [2.05, 4.69) is 248 Å². The largest absolute Gasteiger partial charge is 0.309 e. The average Bonchev–Trinajstić information content (AvgIpc) is 3.95. The van der Waals surface area contributed by atoms with Crippen LogP contribution in [-0.2, 0) is 21.7 Å². The molecule has 3 heterocycles. The van der Waals surface area contributed by atoms with Crippen molar-refractivity contribution in [3.63, 3.8) is 0 Å². The van der Waals surface area contributed by atoms with E-state index in [1.807, 2.05) is 0 Å². The van der Waals surface area contributed by atoms with Gasteiger partial charge in [-0.1, -0.05) is 168 Å². The second-order valence-corrected chi connectivity index (χ2v) is 22.2. The first-order valence-electron chi connectivity index (χ1n) is 23.2. The fraction of sp³-hybridized carbons (Fsp3) is 0.267. The summed E-state index contributed by atoms with van der Waals surface area (Å²) in [4.78, 5) is 0. The molecule has 0 atom stereocenters. The molecule has 0 bridgehead atoms. The molecule has 0 fully saturated rings. The first kappa shape index (κ1) is 42.2. The van der Waals surface area contributed by atoms with Crippen LogP contribution in [0.25, 0.3) is 83.4 Å². The van der Waals surface area contributed by atoms with E-state index in [1.54, 1.807) is 0 Å². The fourth-order valence-corrected chi connectivity index (χ4v) is 9.51. The molecule has 326 valence electrons. The first-order valence-corrected chi connectivity index (χ1v) is 23.2. The summed E-state index contributed by atoms with van der Waals surface area (Å²) < 4.78 is 7.22. The Bertz CT molecular complexity index is 3070. The van der Waals surface area contributed by atoms with Crippen molar-refractivity contribution in [2.45, 2.75) is 105 Å². The van der Waals surface area contributed by atoms with E-state index in [4.69, 9.17) is 10.2 Å². The van der Waals surface area contributed by atoms with Crippen molar-refractivity contribution in [2.24, 2.45) is 0 Å². The summed E-state index contributed by atoms with van der Waals surface area (Å²) in [6.07, 6.45) is 0. The molecule has 0 aliphatic heterocycles. The molecule has 0 spiro atoms. The summed E-state index contributed by atoms with van der Waals surface area (Å²) in [5.41, 5.74) is 15.0. The maximum Gasteiger partial charge on any atom is 0.168 e. The summed E-state index contributed by atoms with van der Waals surface area (Å²) >= 11 is 0. The monoisotopic (exact) mass is 851 g/mol. The molecule has 0 N–H and O–H groups in total. The predicted octanol–water partition coefficient (Wildman–Crippen LogP) is 16.0. The lowest BCUT2D eigenvalue weighted by Crippen LogP contribution is -2.10. The van der Waals surface area contributed by atoms with Crippen molar-refractivity contribution >= 4 is 43.6 Å². The van der Waals surface area contributed by atoms with Crippen LogP contribution < -0.4 is 0 Å². The molecule has 7 aromatic carbocycles. The maximum absolute atomic E-state index is 4.95. The Morgan fingerprint density at radius 2 is 0.554 bits per heavy atom. The number of aromatic nitrogens is 5. The quantitative estimate of drug-likeness (QED) is 0.173. The third-order valence-electron chi connectivity index (χ3n) is 13.4. The minimum atomic E-state index is -0.0102. The standard InChI is InChI=1S/C60H61N5/c1-57(2,3)40-23-27-51-47(31-40)48-32-41(58(4,5)6)24-28-52(48)63(51)44-35-45(37-46(36-44)65-55(38-19-15-13-16-20-38)61-62-56(65)39-21-17-14-18-22-39)64-53-29-25-42(59(7,8)9)33-49(53)50-34-43(60(10,11)12)26-30-54(50)64/h13-37H,1-12H3. The van der Waals surface area contributed by atoms with Crippen LogP contribution in [-0.4, -0.2) is 23.9 Å². The molecule has 0 amide bonds. The van der Waals surface area contributed by atoms with Crippen molar-refractivity contribution in [2.75, 3.05) is 0 Å². The highest BCUT2D eigenvalue weighted by molar-refractivity contribution is 6.11. The minimum absolute atomic E-state index is 0.0102. The molecule has 10 rings (SSSR count). The molecule has 0 saturated carbocycles. The van der Waals surface area contributed by atoms with Gasteiger partial charge in [-0.25, -0.2) is 0 Å². The Hall–Kier alpha value is -6.72. The van der Waals surface area contributed by atoms with Gasteiger partial charge in [0.2, 0.25) is 0 Å². The maximum atomic E-state index is 4.95. The Labute approximate surface area is 384 Å². The second-order valence-electron chi connectivity index (χ2n) is 22.2. The summed E-state index contributed by atoms with van der Waals surface area (Å²) in [6.45, 7) is 27.6. The van der Waals surface area contributed by atoms with Crippen LogP contribution in [0.2, 0.25) is 0 Å². The van der Waals surface area contributed by atoms with Crippen LogP contribution in [0.15, 0.2) is 152 Å². The van der Waals surface area contributed by atoms with Crippen LogP contribution in [0.5, 0.6) is 0 Å². The van der Waals surface area contributed by atoms with Gasteiger partial charge in [-0.2, -0.15) is 0 Å². The Balaban J connectivity index is 1.36. The van der Waals surface area contributed by atoms with Gasteiger partial charge in [-0.15, -0.1) is 10.2 Å². The topological polar surface area (TPSA) is 40.6 Å². The van der Waals surface area contributed by atoms with Gasteiger partial charge >= 0.3 is 0 Å². The van der Waals surface area contributed by atoms with Crippen molar-refractivity contribution < 1.29 is 0 Å². The third-order valence-corrected chi connectivity index (χ3v) is 13.4. The summed E-state index contributed by atoms with van der Waals surface area (Å²) in [6, 6.07) is 56.3. The molecule has 5 heteroatoms. The molecule has 5 nitrogen and oxygen atoms in total. The van der Waals surface area contributed by atoms with E-state index in [-0.39, 0.29) is 21.7 Å². The zero-order valence-electron chi connectivity index (χ0n) is 40.2. The minimum Gasteiger partial charge on any atom is -0.309 e. The molecular formula is C60H61N5. The Morgan fingerprint density at radius 3 is 0.815 bits per heavy atom. The van der Waals surface area contributed by atoms with Crippen molar-refractivity contribution in [3.05, 3.63) is 174 Å². The average molecular weight is 852 g/mol. The molecule has 0 aliphatic rings. The van der Waals surface area contributed by atoms with E-state index < -0.39 is 0 Å². The van der Waals surface area contributed by atoms with Gasteiger partial charge in [-0.3, -0.25) is 4.57 Å². The van der Waals surface area contributed by atoms with Gasteiger partial charge in [0, 0.05) is 32.7 Å². The fourth-order valence-electron chi connectivity index (χ4n) is 9.51. The van der Waals surface area contributed by atoms with Crippen LogP contribution in [0.4, 0.5) is 0 Å². The van der Waals surface area contributed by atoms with E-state index >= 15 is 0 Å². The Morgan fingerprint density at radius 1 is 0.292 bits per heavy atom. The van der Waals surface area contributed by atoms with E-state index in [0.717, 1.165) is 39.8 Å². The molecular weight excluding hydrogens is 791 g/mol. The van der Waals surface area contributed by atoms with E-state index in [9.17, 15) is 0 Å². The Kier molecular flexibility index (Phi) is 9.70. The number of fused-ring (bicyclic) bond motifs is 6. The van der Waals surface area contributed by atoms with Crippen LogP contribution in [0.1, 0.15) is 105 Å². The van der Waals surface area contributed by atoms with Gasteiger partial charge in [0.05, 0.1) is 39.1 Å². The van der Waals surface area contributed by atoms with E-state index in [1.165, 1.54) is 65.9 Å². The van der Waals surface area contributed by atoms with Gasteiger partial charge in [-0.05, 0) is 111 Å². The molecule has 0 radical (unpaired) electrons. The lowest BCUT2D eigenvalue weighted by atomic mass is 9.85. The van der Waals surface area contributed by atoms with Gasteiger partial charge in [0.15, 0.2) is 11.6 Å². The highest BCUT2D eigenvalue weighted by Gasteiger charge is 2.26. The first-order chi connectivity index (χ1) is 30.8. The van der Waals surface area contributed by atoms with Gasteiger partial charge < -0.3 is 9.13 Å². The van der Waals surface area contributed by atoms with Crippen LogP contribution in [0, 0.1) is 0 Å². The predicted molar refractivity (Wildman–Crippen MR) is 276 cm³/mol. The smallest absolute Gasteiger partial charge is 0.168 e. The summed E-state index contributed by atoms with van der Waals surface area (Å²) in [5.74, 6) is 1.57. The summed E-state index contributed by atoms with van der Waals surface area (Å²) in [5, 5.41) is 14.9. The lowest BCUT2D eigenvalue weighted by molar-refractivity contribution is 0.590. The zero-order chi connectivity index (χ0) is 45.8. The molecule has 0 unspecified atom stereocenters. The van der Waals surface area contributed by atoms with Crippen LogP contribution >= 0.6 is 0 Å². The molecule has 65 heavy (non-hydrogen) atoms. The number of benzene rings is 7. The number of nitrogens with zero attached hydrogens (tertiary/aromatic N) is 5. The number of rotatable bonds is 5. The third kappa shape index (κ3) is 7.35. The molecule has 0 aliphatic carbocycles. The molecule has 0 saturated heterocycles. The van der Waals surface area contributed by atoms with Crippen molar-refractivity contribution in [1.29, 1.82) is 0 Å². The molecule has 10 aromatic rings. The van der Waals surface area contributed by atoms with Crippen molar-refractivity contribution in [3.8, 4) is 39.8 Å². The normalized spacial score (nSPS) is 12.9. The van der Waals surface area contributed by atoms with Gasteiger partial charge in [0.1, 0.15) is 0 Å². The number of hydrogen-bond donors (Lipinski definition) is 0. The number of hydrogen-bond acceptors (Lipinski definition) is 2. The highest BCUT2D eigenvalue weighted by Crippen LogP contribution is 2.42. The lowest BCUT2D eigenvalue weighted by Gasteiger charge is -2.20. The highest BCUT2D eigenvalue weighted by atomic mass is 15.3. The van der Waals surface area contributed by atoms with Crippen molar-refractivity contribution in [1.82, 2.24) is 23.9 Å². The van der Waals surface area contributed by atoms with Crippen LogP contribution in [0.3, 0.4) is 0 Å². The van der Waals surface area contributed by atoms with Gasteiger partial charge in [0.25, 0.3) is 0 Å². The second kappa shape index (κ2) is 14.9.